The molecule has 0 atom stereocenters. The fraction of sp³-hybridized carbons (Fsp3) is 0.600. The van der Waals surface area contributed by atoms with Gasteiger partial charge in [0.15, 0.2) is 0 Å². The van der Waals surface area contributed by atoms with Crippen LogP contribution in [0.15, 0.2) is 30.3 Å². The van der Waals surface area contributed by atoms with Crippen molar-refractivity contribution in [2.24, 2.45) is 0 Å². The van der Waals surface area contributed by atoms with E-state index in [2.05, 4.69) is 23.2 Å². The van der Waals surface area contributed by atoms with Gasteiger partial charge in [-0.25, -0.2) is 4.79 Å². The molecule has 8 nitrogen and oxygen atoms in total. The number of aliphatic hydroxyl groups is 1. The van der Waals surface area contributed by atoms with E-state index in [4.69, 9.17) is 14.5 Å². The second-order valence-corrected chi connectivity index (χ2v) is 11.4. The molecular formula is C30H41F3N4O4. The zero-order valence-electron chi connectivity index (χ0n) is 24.1. The highest BCUT2D eigenvalue weighted by molar-refractivity contribution is 5.90. The monoisotopic (exact) mass is 578 g/mol. The van der Waals surface area contributed by atoms with Crippen LogP contribution in [-0.4, -0.2) is 78.3 Å². The maximum Gasteiger partial charge on any atom is 0.386 e. The Morgan fingerprint density at radius 2 is 1.73 bits per heavy atom. The molecule has 5 rings (SSSR count). The Bertz CT molecular complexity index is 1160. The number of amides is 2. The number of benzene rings is 1. The number of aromatic nitrogens is 1. The Morgan fingerprint density at radius 3 is 2.37 bits per heavy atom. The summed E-state index contributed by atoms with van der Waals surface area (Å²) in [5.74, 6) is 1.48. The number of rotatable bonds is 5. The molecule has 2 saturated heterocycles. The van der Waals surface area contributed by atoms with Crippen molar-refractivity contribution in [3.63, 3.8) is 0 Å². The number of anilines is 2. The van der Waals surface area contributed by atoms with Crippen LogP contribution in [0.2, 0.25) is 0 Å². The smallest absolute Gasteiger partial charge is 0.386 e. The first kappa shape index (κ1) is 30.9. The lowest BCUT2D eigenvalue weighted by molar-refractivity contribution is -0.110. The van der Waals surface area contributed by atoms with Crippen molar-refractivity contribution in [1.82, 2.24) is 9.88 Å². The van der Waals surface area contributed by atoms with E-state index in [9.17, 15) is 23.1 Å². The fourth-order valence-electron chi connectivity index (χ4n) is 5.30. The van der Waals surface area contributed by atoms with Gasteiger partial charge in [0, 0.05) is 44.9 Å². The molecule has 2 amide bonds. The molecule has 1 aromatic carbocycles. The molecule has 3 heterocycles. The molecule has 2 N–H and O–H groups in total. The second kappa shape index (κ2) is 13.3. The summed E-state index contributed by atoms with van der Waals surface area (Å²) in [5.41, 5.74) is 3.36. The average Bonchev–Trinajstić information content (AvgIpc) is 3.46. The summed E-state index contributed by atoms with van der Waals surface area (Å²) in [6.45, 7) is 8.72. The van der Waals surface area contributed by atoms with Crippen LogP contribution in [0.1, 0.15) is 57.9 Å². The SMILES string of the molecule is CC(F)(F)F.Cc1ccc(NC(=O)N2CCCC2)cc1-c1cc(OC2CCC(C)(O)CC2)nc(N2CCOCC2)c1. The highest BCUT2D eigenvalue weighted by Crippen LogP contribution is 2.35. The van der Waals surface area contributed by atoms with E-state index in [0.717, 1.165) is 92.9 Å². The summed E-state index contributed by atoms with van der Waals surface area (Å²) < 4.78 is 43.0. The number of nitrogens with zero attached hydrogens (tertiary/aromatic N) is 3. The minimum atomic E-state index is -4.00. The molecule has 1 saturated carbocycles. The van der Waals surface area contributed by atoms with Crippen molar-refractivity contribution in [3.05, 3.63) is 35.9 Å². The normalized spacial score (nSPS) is 23.0. The first-order chi connectivity index (χ1) is 19.4. The molecule has 41 heavy (non-hydrogen) atoms. The predicted molar refractivity (Wildman–Crippen MR) is 153 cm³/mol. The number of urea groups is 1. The van der Waals surface area contributed by atoms with Crippen LogP contribution in [0.5, 0.6) is 5.88 Å². The van der Waals surface area contributed by atoms with Gasteiger partial charge < -0.3 is 29.7 Å². The number of morpholine rings is 1. The zero-order chi connectivity index (χ0) is 29.6. The quantitative estimate of drug-likeness (QED) is 0.442. The van der Waals surface area contributed by atoms with Gasteiger partial charge in [-0.2, -0.15) is 18.2 Å². The molecule has 3 fully saturated rings. The molecular weight excluding hydrogens is 537 g/mol. The Labute approximate surface area is 239 Å². The molecule has 2 aliphatic heterocycles. The first-order valence-electron chi connectivity index (χ1n) is 14.3. The molecule has 2 aromatic rings. The van der Waals surface area contributed by atoms with E-state index >= 15 is 0 Å². The molecule has 11 heteroatoms. The van der Waals surface area contributed by atoms with Gasteiger partial charge in [-0.15, -0.1) is 0 Å². The number of carbonyl (C=O) groups is 1. The lowest BCUT2D eigenvalue weighted by atomic mass is 9.85. The van der Waals surface area contributed by atoms with Crippen molar-refractivity contribution >= 4 is 17.5 Å². The van der Waals surface area contributed by atoms with Gasteiger partial charge in [-0.3, -0.25) is 0 Å². The predicted octanol–water partition coefficient (Wildman–Crippen LogP) is 6.16. The van der Waals surface area contributed by atoms with Crippen LogP contribution in [-0.2, 0) is 4.74 Å². The van der Waals surface area contributed by atoms with Gasteiger partial charge in [0.1, 0.15) is 11.9 Å². The van der Waals surface area contributed by atoms with Crippen LogP contribution >= 0.6 is 0 Å². The molecule has 0 unspecified atom stereocenters. The molecule has 3 aliphatic rings. The number of halogens is 3. The van der Waals surface area contributed by atoms with Gasteiger partial charge >= 0.3 is 12.2 Å². The Balaban J connectivity index is 0.000000714. The van der Waals surface area contributed by atoms with Gasteiger partial charge in [-0.1, -0.05) is 6.07 Å². The third-order valence-electron chi connectivity index (χ3n) is 7.61. The largest absolute Gasteiger partial charge is 0.474 e. The first-order valence-corrected chi connectivity index (χ1v) is 14.3. The zero-order valence-corrected chi connectivity index (χ0v) is 24.1. The van der Waals surface area contributed by atoms with E-state index in [1.807, 2.05) is 36.1 Å². The lowest BCUT2D eigenvalue weighted by Gasteiger charge is -2.33. The maximum atomic E-state index is 12.7. The maximum absolute atomic E-state index is 12.7. The van der Waals surface area contributed by atoms with Crippen molar-refractivity contribution in [2.45, 2.75) is 77.2 Å². The van der Waals surface area contributed by atoms with E-state index < -0.39 is 11.8 Å². The van der Waals surface area contributed by atoms with Gasteiger partial charge in [0.25, 0.3) is 0 Å². The summed E-state index contributed by atoms with van der Waals surface area (Å²) >= 11 is 0. The van der Waals surface area contributed by atoms with E-state index in [0.29, 0.717) is 19.1 Å². The van der Waals surface area contributed by atoms with Crippen LogP contribution in [0.4, 0.5) is 29.5 Å². The van der Waals surface area contributed by atoms with E-state index in [1.165, 1.54) is 0 Å². The molecule has 226 valence electrons. The highest BCUT2D eigenvalue weighted by Gasteiger charge is 2.30. The van der Waals surface area contributed by atoms with Gasteiger partial charge in [0.2, 0.25) is 5.88 Å². The van der Waals surface area contributed by atoms with Crippen molar-refractivity contribution < 1.29 is 32.5 Å². The Hall–Kier alpha value is -3.05. The number of carbonyl (C=O) groups excluding carboxylic acids is 1. The van der Waals surface area contributed by atoms with Crippen LogP contribution in [0.25, 0.3) is 11.1 Å². The number of pyridine rings is 1. The Kier molecular flexibility index (Phi) is 10.0. The minimum absolute atomic E-state index is 0.0387. The van der Waals surface area contributed by atoms with Crippen molar-refractivity contribution in [1.29, 1.82) is 0 Å². The van der Waals surface area contributed by atoms with E-state index in [-0.39, 0.29) is 19.1 Å². The summed E-state index contributed by atoms with van der Waals surface area (Å²) in [4.78, 5) is 21.7. The number of aryl methyl sites for hydroxylation is 1. The third kappa shape index (κ3) is 9.49. The highest BCUT2D eigenvalue weighted by atomic mass is 19.4. The number of nitrogens with one attached hydrogen (secondary N) is 1. The summed E-state index contributed by atoms with van der Waals surface area (Å²) in [7, 11) is 0. The number of ether oxygens (including phenoxy) is 2. The van der Waals surface area contributed by atoms with Gasteiger partial charge in [0.05, 0.1) is 18.8 Å². The molecule has 0 bridgehead atoms. The number of hydrogen-bond acceptors (Lipinski definition) is 6. The number of alkyl halides is 3. The van der Waals surface area contributed by atoms with Crippen LogP contribution < -0.4 is 15.0 Å². The van der Waals surface area contributed by atoms with Crippen LogP contribution in [0.3, 0.4) is 0 Å². The fourth-order valence-corrected chi connectivity index (χ4v) is 5.30. The van der Waals surface area contributed by atoms with Crippen molar-refractivity contribution in [3.8, 4) is 17.0 Å². The minimum Gasteiger partial charge on any atom is -0.474 e. The van der Waals surface area contributed by atoms with E-state index in [1.54, 1.807) is 0 Å². The Morgan fingerprint density at radius 1 is 1.10 bits per heavy atom. The molecule has 1 aliphatic carbocycles. The van der Waals surface area contributed by atoms with Crippen LogP contribution in [0, 0.1) is 6.92 Å². The van der Waals surface area contributed by atoms with Gasteiger partial charge in [-0.05, 0) is 87.3 Å². The molecule has 0 spiro atoms. The average molecular weight is 579 g/mol. The summed E-state index contributed by atoms with van der Waals surface area (Å²) in [5, 5.41) is 13.4. The third-order valence-corrected chi connectivity index (χ3v) is 7.61. The number of likely N-dealkylation sites (tertiary alicyclic amines) is 1. The molecule has 0 radical (unpaired) electrons. The summed E-state index contributed by atoms with van der Waals surface area (Å²) in [6.07, 6.45) is 1.24. The number of hydrogen-bond donors (Lipinski definition) is 2. The standard InChI is InChI=1S/C28H38N4O4.C2H3F3/c1-20-5-6-22(29-27(33)32-11-3-4-12-32)19-24(20)21-17-25(31-13-15-35-16-14-31)30-26(18-21)36-23-7-9-28(2,34)10-8-23;1-2(3,4)5/h5-6,17-19,23,34H,3-4,7-16H2,1-2H3,(H,29,33);1H3. The lowest BCUT2D eigenvalue weighted by Crippen LogP contribution is -2.37. The summed E-state index contributed by atoms with van der Waals surface area (Å²) in [6, 6.07) is 10.1. The van der Waals surface area contributed by atoms with Crippen molar-refractivity contribution in [2.75, 3.05) is 49.6 Å². The second-order valence-electron chi connectivity index (χ2n) is 11.4. The topological polar surface area (TPSA) is 87.2 Å². The molecule has 1 aromatic heterocycles.